The van der Waals surface area contributed by atoms with E-state index in [1.165, 1.54) is 77.0 Å². The number of carbonyl (C=O) groups is 3. The van der Waals surface area contributed by atoms with Gasteiger partial charge in [0.1, 0.15) is 32.5 Å². The van der Waals surface area contributed by atoms with Crippen molar-refractivity contribution in [2.45, 2.75) is 173 Å². The number of hydrogen-bond donors (Lipinski definition) is 1. The Labute approximate surface area is 339 Å². The van der Waals surface area contributed by atoms with E-state index < -0.39 is 32.8 Å². The zero-order chi connectivity index (χ0) is 41.1. The normalized spacial score (nSPS) is 20.5. The van der Waals surface area contributed by atoms with E-state index in [1.807, 2.05) is 33.3 Å². The van der Waals surface area contributed by atoms with Crippen molar-refractivity contribution in [1.29, 1.82) is 0 Å². The van der Waals surface area contributed by atoms with Gasteiger partial charge in [-0.25, -0.2) is 0 Å². The first-order valence-electron chi connectivity index (χ1n) is 21.9. The molecule has 0 aromatic rings. The van der Waals surface area contributed by atoms with Crippen molar-refractivity contribution in [1.82, 2.24) is 0 Å². The second kappa shape index (κ2) is 29.3. The number of ether oxygens (including phenoxy) is 3. The first-order valence-corrected chi connectivity index (χ1v) is 23.3. The fourth-order valence-corrected chi connectivity index (χ4v) is 7.32. The van der Waals surface area contributed by atoms with Gasteiger partial charge in [0.2, 0.25) is 0 Å². The van der Waals surface area contributed by atoms with Crippen LogP contribution in [-0.2, 0) is 37.6 Å². The Morgan fingerprint density at radius 3 is 2.09 bits per heavy atom. The third-order valence-electron chi connectivity index (χ3n) is 10.2. The van der Waals surface area contributed by atoms with Gasteiger partial charge in [0.25, 0.3) is 0 Å². The van der Waals surface area contributed by atoms with E-state index in [1.54, 1.807) is 6.08 Å². The molecule has 0 bridgehead atoms. The molecule has 1 aliphatic heterocycles. The lowest BCUT2D eigenvalue weighted by Gasteiger charge is -2.26. The molecule has 0 aromatic heterocycles. The number of rotatable bonds is 35. The number of likely N-dealkylation sites (N-methyl/N-ethyl adjacent to an activating group) is 1. The van der Waals surface area contributed by atoms with Crippen LogP contribution in [0, 0.1) is 5.92 Å². The van der Waals surface area contributed by atoms with Crippen LogP contribution in [0.15, 0.2) is 36.0 Å². The van der Waals surface area contributed by atoms with E-state index in [4.69, 9.17) is 23.3 Å². The van der Waals surface area contributed by atoms with E-state index in [2.05, 4.69) is 26.0 Å². The molecular weight excluding hydrogens is 733 g/mol. The maximum absolute atomic E-state index is 12.8. The predicted octanol–water partition coefficient (Wildman–Crippen LogP) is 8.84. The number of nitrogens with zero attached hydrogens (tertiary/aromatic N) is 1. The van der Waals surface area contributed by atoms with Crippen molar-refractivity contribution < 1.29 is 51.9 Å². The molecule has 1 fully saturated rings. The number of hydrogen-bond acceptors (Lipinski definition) is 10. The van der Waals surface area contributed by atoms with Gasteiger partial charge < -0.3 is 23.6 Å². The number of quaternary nitrogens is 1. The highest BCUT2D eigenvalue weighted by molar-refractivity contribution is 7.52. The van der Waals surface area contributed by atoms with Crippen LogP contribution in [0.5, 0.6) is 0 Å². The van der Waals surface area contributed by atoms with Crippen LogP contribution in [0.25, 0.3) is 0 Å². The third kappa shape index (κ3) is 25.4. The van der Waals surface area contributed by atoms with Gasteiger partial charge in [0.15, 0.2) is 11.9 Å². The standard InChI is InChI=1S/C44H76NO10P/c1-6-8-10-12-14-15-16-17-18-19-20-22-24-28-43(47)51-35-38(36-53-56(49,50)52-33-32-45(3,4)5)54-44(48)29-25-27-41-42(55-41)34-39-37(30-31-40(39)46)26-23-21-13-11-9-7-2/h21,23,30-31,34,37-38,41-42H,6-20,22,24-29,32-33,35-36H2,1-5H3/p+1/b23-21-,39-34-/t37-,38+,41?,42?/m0/s1. The van der Waals surface area contributed by atoms with E-state index in [0.29, 0.717) is 30.3 Å². The van der Waals surface area contributed by atoms with Gasteiger partial charge in [-0.15, -0.1) is 0 Å². The van der Waals surface area contributed by atoms with Crippen LogP contribution in [0.1, 0.15) is 155 Å². The molecule has 0 spiro atoms. The topological polar surface area (TPSA) is 144 Å². The monoisotopic (exact) mass is 811 g/mol. The van der Waals surface area contributed by atoms with E-state index in [-0.39, 0.29) is 50.0 Å². The molecule has 3 unspecified atom stereocenters. The molecule has 0 aromatic carbocycles. The smallest absolute Gasteiger partial charge is 0.377 e. The quantitative estimate of drug-likeness (QED) is 0.0125. The highest BCUT2D eigenvalue weighted by atomic mass is 31.2. The average Bonchev–Trinajstić information content (AvgIpc) is 3.80. The van der Waals surface area contributed by atoms with Crippen LogP contribution in [0.3, 0.4) is 0 Å². The number of esters is 2. The van der Waals surface area contributed by atoms with Crippen molar-refractivity contribution in [2.75, 3.05) is 47.5 Å². The summed E-state index contributed by atoms with van der Waals surface area (Å²) in [7, 11) is 1.36. The molecule has 11 nitrogen and oxygen atoms in total. The fraction of sp³-hybridized carbons (Fsp3) is 0.795. The summed E-state index contributed by atoms with van der Waals surface area (Å²) in [5.74, 6) is -0.865. The zero-order valence-electron chi connectivity index (χ0n) is 35.6. The van der Waals surface area contributed by atoms with Crippen molar-refractivity contribution in [3.05, 3.63) is 36.0 Å². The Morgan fingerprint density at radius 1 is 0.839 bits per heavy atom. The summed E-state index contributed by atoms with van der Waals surface area (Å²) in [5.41, 5.74) is 0.768. The van der Waals surface area contributed by atoms with Gasteiger partial charge in [-0.2, -0.15) is 13.9 Å². The molecule has 1 saturated heterocycles. The molecule has 56 heavy (non-hydrogen) atoms. The lowest BCUT2D eigenvalue weighted by Crippen LogP contribution is -2.38. The molecule has 12 heteroatoms. The summed E-state index contributed by atoms with van der Waals surface area (Å²) in [6.45, 7) is 4.16. The minimum atomic E-state index is -4.43. The van der Waals surface area contributed by atoms with Crippen LogP contribution in [-0.4, -0.2) is 92.9 Å². The summed E-state index contributed by atoms with van der Waals surface area (Å²) in [5, 5.41) is 0. The van der Waals surface area contributed by atoms with Gasteiger partial charge in [0, 0.05) is 24.3 Å². The Balaban J connectivity index is 1.74. The number of carbonyl (C=O) groups excluding carboxylic acids is 3. The SMILES string of the molecule is CCCCC/C=C\C[C@H]1C=CC(=O)/C1=C\C1OC1CCCC(=O)O[C@H](COC(=O)CCCCCCCCCCCCCCC)CO[P+]([O-])(O)OCC[N+](C)(C)C. The molecule has 2 rings (SSSR count). The lowest BCUT2D eigenvalue weighted by atomic mass is 9.96. The molecule has 2 aliphatic rings. The summed E-state index contributed by atoms with van der Waals surface area (Å²) in [6.07, 6.45) is 31.1. The number of phosphoric ester groups is 1. The minimum absolute atomic E-state index is 0.00173. The maximum atomic E-state index is 12.8. The number of unbranched alkanes of at least 4 members (excludes halogenated alkanes) is 15. The maximum Gasteiger partial charge on any atom is 0.377 e. The van der Waals surface area contributed by atoms with Crippen molar-refractivity contribution >= 4 is 25.9 Å². The van der Waals surface area contributed by atoms with Gasteiger partial charge >= 0.3 is 20.1 Å². The van der Waals surface area contributed by atoms with Gasteiger partial charge in [-0.3, -0.25) is 14.4 Å². The average molecular weight is 811 g/mol. The molecule has 0 radical (unpaired) electrons. The van der Waals surface area contributed by atoms with Crippen LogP contribution >= 0.6 is 8.17 Å². The summed E-state index contributed by atoms with van der Waals surface area (Å²) in [4.78, 5) is 60.7. The molecular formula is C44H77NO10P+. The number of phosphoric acid groups is 1. The van der Waals surface area contributed by atoms with Gasteiger partial charge in [-0.05, 0) is 50.7 Å². The molecule has 0 amide bonds. The largest absolute Gasteiger partial charge is 0.606 e. The second-order valence-corrected chi connectivity index (χ2v) is 18.0. The second-order valence-electron chi connectivity index (χ2n) is 16.6. The van der Waals surface area contributed by atoms with Crippen molar-refractivity contribution in [2.24, 2.45) is 5.92 Å². The fourth-order valence-electron chi connectivity index (χ4n) is 6.58. The molecule has 1 N–H and O–H groups in total. The first kappa shape index (κ1) is 50.2. The van der Waals surface area contributed by atoms with E-state index >= 15 is 0 Å². The zero-order valence-corrected chi connectivity index (χ0v) is 36.5. The van der Waals surface area contributed by atoms with E-state index in [9.17, 15) is 24.2 Å². The predicted molar refractivity (Wildman–Crippen MR) is 221 cm³/mol. The number of allylic oxidation sites excluding steroid dienone is 5. The Morgan fingerprint density at radius 2 is 1.45 bits per heavy atom. The molecule has 1 heterocycles. The minimum Gasteiger partial charge on any atom is -0.606 e. The Bertz CT molecular complexity index is 1200. The van der Waals surface area contributed by atoms with Crippen molar-refractivity contribution in [3.63, 3.8) is 0 Å². The molecule has 5 atom stereocenters. The number of ketones is 1. The third-order valence-corrected chi connectivity index (χ3v) is 11.2. The summed E-state index contributed by atoms with van der Waals surface area (Å²) >= 11 is 0. The highest BCUT2D eigenvalue weighted by Gasteiger charge is 2.38. The first-order chi connectivity index (χ1) is 26.8. The van der Waals surface area contributed by atoms with Crippen LogP contribution in [0.4, 0.5) is 0 Å². The Hall–Kier alpha value is -1.98. The van der Waals surface area contributed by atoms with Crippen LogP contribution < -0.4 is 4.89 Å². The van der Waals surface area contributed by atoms with Crippen LogP contribution in [0.2, 0.25) is 0 Å². The summed E-state index contributed by atoms with van der Waals surface area (Å²) in [6, 6.07) is 0. The Kier molecular flexibility index (Phi) is 26.2. The van der Waals surface area contributed by atoms with Crippen molar-refractivity contribution in [3.8, 4) is 0 Å². The number of epoxide rings is 1. The molecule has 0 saturated carbocycles. The lowest BCUT2D eigenvalue weighted by molar-refractivity contribution is -0.870. The highest BCUT2D eigenvalue weighted by Crippen LogP contribution is 2.47. The van der Waals surface area contributed by atoms with Gasteiger partial charge in [0.05, 0.1) is 27.2 Å². The van der Waals surface area contributed by atoms with Gasteiger partial charge in [-0.1, -0.05) is 122 Å². The molecule has 322 valence electrons. The molecule has 1 aliphatic carbocycles. The summed E-state index contributed by atoms with van der Waals surface area (Å²) < 4.78 is 27.6. The van der Waals surface area contributed by atoms with E-state index in [0.717, 1.165) is 37.7 Å².